The van der Waals surface area contributed by atoms with Gasteiger partial charge in [-0.05, 0) is 110 Å². The van der Waals surface area contributed by atoms with Gasteiger partial charge in [-0.2, -0.15) is 13.2 Å². The highest BCUT2D eigenvalue weighted by atomic mass is 19.4. The van der Waals surface area contributed by atoms with E-state index in [1.165, 1.54) is 57.3 Å². The summed E-state index contributed by atoms with van der Waals surface area (Å²) < 4.78 is 48.1. The number of rotatable bonds is 6. The smallest absolute Gasteiger partial charge is 0.418 e. The first-order valence-electron chi connectivity index (χ1n) is 14.0. The third-order valence-corrected chi connectivity index (χ3v) is 9.61. The van der Waals surface area contributed by atoms with Gasteiger partial charge in [0.15, 0.2) is 0 Å². The zero-order valence-electron chi connectivity index (χ0n) is 23.2. The fraction of sp³-hybridized carbons (Fsp3) is 0.424. The van der Waals surface area contributed by atoms with Crippen LogP contribution in [0.1, 0.15) is 60.0 Å². The predicted octanol–water partition coefficient (Wildman–Crippen LogP) is 8.50. The highest BCUT2D eigenvalue weighted by molar-refractivity contribution is 5.97. The first-order valence-corrected chi connectivity index (χ1v) is 14.0. The molecule has 7 heteroatoms. The standard InChI is InChI=1S/C33H35F3N2O2/c1-37(25-10-8-24(9-11-25)32-18-21-14-22(19-32)16-23(15-21)20-32)30-13-12-26(17-28(30)33(34,35)36)38(2)29-7-5-4-6-27(29)31(39)40-3/h4-13,17,21-23H,14-16,18-20H2,1-3H3. The number of benzene rings is 3. The molecule has 4 fully saturated rings. The number of hydrogen-bond donors (Lipinski definition) is 0. The molecule has 3 aromatic carbocycles. The molecule has 7 rings (SSSR count). The summed E-state index contributed by atoms with van der Waals surface area (Å²) in [5.41, 5.74) is 2.71. The summed E-state index contributed by atoms with van der Waals surface area (Å²) in [5, 5.41) is 0. The zero-order valence-corrected chi connectivity index (χ0v) is 23.2. The second-order valence-corrected chi connectivity index (χ2v) is 12.1. The number of halogens is 3. The molecule has 4 bridgehead atoms. The number of hydrogen-bond acceptors (Lipinski definition) is 4. The van der Waals surface area contributed by atoms with E-state index in [0.29, 0.717) is 11.4 Å². The van der Waals surface area contributed by atoms with Crippen LogP contribution in [0, 0.1) is 17.8 Å². The molecule has 4 aliphatic carbocycles. The van der Waals surface area contributed by atoms with Crippen molar-refractivity contribution in [3.8, 4) is 0 Å². The van der Waals surface area contributed by atoms with Crippen LogP contribution in [0.3, 0.4) is 0 Å². The van der Waals surface area contributed by atoms with Gasteiger partial charge in [0, 0.05) is 25.5 Å². The molecule has 0 atom stereocenters. The van der Waals surface area contributed by atoms with Crippen molar-refractivity contribution in [2.75, 3.05) is 31.0 Å². The molecule has 0 unspecified atom stereocenters. The Balaban J connectivity index is 1.30. The van der Waals surface area contributed by atoms with Crippen molar-refractivity contribution < 1.29 is 22.7 Å². The number of ether oxygens (including phenoxy) is 1. The van der Waals surface area contributed by atoms with Crippen LogP contribution < -0.4 is 9.80 Å². The maximum Gasteiger partial charge on any atom is 0.418 e. The highest BCUT2D eigenvalue weighted by Gasteiger charge is 2.51. The van der Waals surface area contributed by atoms with Gasteiger partial charge in [-0.3, -0.25) is 0 Å². The Morgan fingerprint density at radius 3 is 1.93 bits per heavy atom. The molecule has 0 heterocycles. The normalized spacial score (nSPS) is 25.1. The molecule has 0 aromatic heterocycles. The number of para-hydroxylation sites is 1. The van der Waals surface area contributed by atoms with E-state index in [9.17, 15) is 18.0 Å². The maximum atomic E-state index is 14.4. The van der Waals surface area contributed by atoms with E-state index in [0.717, 1.165) is 29.5 Å². The molecular weight excluding hydrogens is 513 g/mol. The fourth-order valence-corrected chi connectivity index (χ4v) is 8.08. The number of carbonyl (C=O) groups is 1. The number of alkyl halides is 3. The third kappa shape index (κ3) is 4.63. The predicted molar refractivity (Wildman–Crippen MR) is 152 cm³/mol. The van der Waals surface area contributed by atoms with Gasteiger partial charge in [-0.25, -0.2) is 4.79 Å². The summed E-state index contributed by atoms with van der Waals surface area (Å²) >= 11 is 0. The summed E-state index contributed by atoms with van der Waals surface area (Å²) in [6.45, 7) is 0. The average molecular weight is 549 g/mol. The molecule has 210 valence electrons. The largest absolute Gasteiger partial charge is 0.465 e. The molecule has 0 aliphatic heterocycles. The molecule has 0 radical (unpaired) electrons. The molecule has 3 aromatic rings. The number of methoxy groups -OCH3 is 1. The van der Waals surface area contributed by atoms with E-state index < -0.39 is 17.7 Å². The van der Waals surface area contributed by atoms with E-state index in [2.05, 4.69) is 12.1 Å². The van der Waals surface area contributed by atoms with Crippen molar-refractivity contribution in [1.29, 1.82) is 0 Å². The minimum atomic E-state index is -4.57. The Kier molecular flexibility index (Phi) is 6.59. The SMILES string of the molecule is COC(=O)c1ccccc1N(C)c1ccc(N(C)c2ccc(C34CC5CC(CC(C5)C3)C4)cc2)c(C(F)(F)F)c1. The van der Waals surface area contributed by atoms with E-state index in [-0.39, 0.29) is 16.7 Å². The molecule has 40 heavy (non-hydrogen) atoms. The van der Waals surface area contributed by atoms with Crippen molar-refractivity contribution in [2.24, 2.45) is 17.8 Å². The minimum absolute atomic E-state index is 0.0773. The van der Waals surface area contributed by atoms with Crippen molar-refractivity contribution in [3.05, 3.63) is 83.4 Å². The van der Waals surface area contributed by atoms with Gasteiger partial charge < -0.3 is 14.5 Å². The van der Waals surface area contributed by atoms with Crippen molar-refractivity contribution in [2.45, 2.75) is 50.1 Å². The summed E-state index contributed by atoms with van der Waals surface area (Å²) in [5.74, 6) is 1.95. The Morgan fingerprint density at radius 1 is 0.800 bits per heavy atom. The van der Waals surface area contributed by atoms with Crippen molar-refractivity contribution >= 4 is 28.7 Å². The summed E-state index contributed by atoms with van der Waals surface area (Å²) in [7, 11) is 4.60. The van der Waals surface area contributed by atoms with Crippen LogP contribution >= 0.6 is 0 Å². The lowest BCUT2D eigenvalue weighted by atomic mass is 9.48. The molecule has 0 saturated heterocycles. The van der Waals surface area contributed by atoms with Gasteiger partial charge in [-0.15, -0.1) is 0 Å². The maximum absolute atomic E-state index is 14.4. The number of nitrogens with zero attached hydrogens (tertiary/aromatic N) is 2. The van der Waals surface area contributed by atoms with Gasteiger partial charge in [0.05, 0.1) is 29.6 Å². The van der Waals surface area contributed by atoms with Gasteiger partial charge in [0.25, 0.3) is 0 Å². The number of carbonyl (C=O) groups excluding carboxylic acids is 1. The molecule has 4 saturated carbocycles. The van der Waals surface area contributed by atoms with Crippen LogP contribution in [-0.2, 0) is 16.3 Å². The molecule has 0 spiro atoms. The molecule has 4 aliphatic rings. The van der Waals surface area contributed by atoms with Crippen LogP contribution in [-0.4, -0.2) is 27.2 Å². The van der Waals surface area contributed by atoms with E-state index >= 15 is 0 Å². The van der Waals surface area contributed by atoms with Gasteiger partial charge in [-0.1, -0.05) is 24.3 Å². The average Bonchev–Trinajstić information content (AvgIpc) is 2.94. The highest BCUT2D eigenvalue weighted by Crippen LogP contribution is 2.60. The van der Waals surface area contributed by atoms with Crippen molar-refractivity contribution in [1.82, 2.24) is 0 Å². The summed E-state index contributed by atoms with van der Waals surface area (Å²) in [6.07, 6.45) is 3.31. The number of anilines is 4. The summed E-state index contributed by atoms with van der Waals surface area (Å²) in [4.78, 5) is 15.4. The van der Waals surface area contributed by atoms with Crippen LogP contribution in [0.15, 0.2) is 66.7 Å². The first-order chi connectivity index (χ1) is 19.1. The second kappa shape index (κ2) is 9.86. The van der Waals surface area contributed by atoms with Gasteiger partial charge in [0.1, 0.15) is 0 Å². The molecular formula is C33H35F3N2O2. The Bertz CT molecular complexity index is 1380. The topological polar surface area (TPSA) is 32.8 Å². The van der Waals surface area contributed by atoms with Crippen LogP contribution in [0.2, 0.25) is 0 Å². The summed E-state index contributed by atoms with van der Waals surface area (Å²) in [6, 6.07) is 19.3. The minimum Gasteiger partial charge on any atom is -0.465 e. The van der Waals surface area contributed by atoms with E-state index in [4.69, 9.17) is 4.74 Å². The van der Waals surface area contributed by atoms with Crippen LogP contribution in [0.25, 0.3) is 0 Å². The lowest BCUT2D eigenvalue weighted by Crippen LogP contribution is -2.48. The first kappa shape index (κ1) is 26.7. The van der Waals surface area contributed by atoms with E-state index in [1.807, 2.05) is 12.1 Å². The third-order valence-electron chi connectivity index (χ3n) is 9.61. The van der Waals surface area contributed by atoms with E-state index in [1.54, 1.807) is 54.2 Å². The monoisotopic (exact) mass is 548 g/mol. The lowest BCUT2D eigenvalue weighted by molar-refractivity contribution is -0.137. The second-order valence-electron chi connectivity index (χ2n) is 12.1. The van der Waals surface area contributed by atoms with Crippen LogP contribution in [0.5, 0.6) is 0 Å². The lowest BCUT2D eigenvalue weighted by Gasteiger charge is -2.57. The van der Waals surface area contributed by atoms with Gasteiger partial charge >= 0.3 is 12.1 Å². The Labute approximate surface area is 233 Å². The quantitative estimate of drug-likeness (QED) is 0.289. The molecule has 0 amide bonds. The van der Waals surface area contributed by atoms with Crippen LogP contribution in [0.4, 0.5) is 35.9 Å². The van der Waals surface area contributed by atoms with Crippen molar-refractivity contribution in [3.63, 3.8) is 0 Å². The Hall–Kier alpha value is -3.48. The van der Waals surface area contributed by atoms with Gasteiger partial charge in [0.2, 0.25) is 0 Å². The number of esters is 1. The fourth-order valence-electron chi connectivity index (χ4n) is 8.08. The zero-order chi connectivity index (χ0) is 28.2. The Morgan fingerprint density at radius 2 is 1.35 bits per heavy atom. The molecule has 0 N–H and O–H groups in total. The molecule has 4 nitrogen and oxygen atoms in total.